The molecule has 1 atom stereocenters. The quantitative estimate of drug-likeness (QED) is 0.731. The van der Waals surface area contributed by atoms with Gasteiger partial charge in [0.15, 0.2) is 0 Å². The fourth-order valence-electron chi connectivity index (χ4n) is 2.33. The van der Waals surface area contributed by atoms with Gasteiger partial charge in [0.25, 0.3) is 0 Å². The molecule has 1 unspecified atom stereocenters. The molecule has 1 amide bonds. The maximum atomic E-state index is 12.0. The summed E-state index contributed by atoms with van der Waals surface area (Å²) in [6.45, 7) is 6.61. The second-order valence-corrected chi connectivity index (χ2v) is 4.79. The molecule has 1 N–H and O–H groups in total. The second-order valence-electron chi connectivity index (χ2n) is 4.79. The third-order valence-corrected chi connectivity index (χ3v) is 3.24. The van der Waals surface area contributed by atoms with Crippen LogP contribution >= 0.6 is 0 Å². The third-order valence-electron chi connectivity index (χ3n) is 3.24. The van der Waals surface area contributed by atoms with Crippen molar-refractivity contribution in [1.82, 2.24) is 10.2 Å². The lowest BCUT2D eigenvalue weighted by Gasteiger charge is -2.30. The van der Waals surface area contributed by atoms with Crippen LogP contribution in [0.2, 0.25) is 0 Å². The highest BCUT2D eigenvalue weighted by atomic mass is 16.5. The number of nitrogens with one attached hydrogen (secondary N) is 1. The Balaban J connectivity index is 2.37. The van der Waals surface area contributed by atoms with Crippen LogP contribution in [-0.2, 0) is 9.53 Å². The normalized spacial score (nSPS) is 20.2. The topological polar surface area (TPSA) is 41.6 Å². The van der Waals surface area contributed by atoms with Gasteiger partial charge in [0.2, 0.25) is 5.91 Å². The van der Waals surface area contributed by atoms with Crippen molar-refractivity contribution in [2.75, 3.05) is 39.9 Å². The Morgan fingerprint density at radius 1 is 1.53 bits per heavy atom. The number of rotatable bonds is 7. The minimum atomic E-state index is 0.235. The molecular formula is C13H26N2O2. The summed E-state index contributed by atoms with van der Waals surface area (Å²) in [5, 5.41) is 3.40. The summed E-state index contributed by atoms with van der Waals surface area (Å²) in [5.41, 5.74) is 0. The summed E-state index contributed by atoms with van der Waals surface area (Å²) < 4.78 is 4.97. The summed E-state index contributed by atoms with van der Waals surface area (Å²) in [6.07, 6.45) is 4.01. The molecule has 0 aromatic rings. The third kappa shape index (κ3) is 5.50. The standard InChI is InChI=1S/C13H26N2O2/c1-3-8-15(13(16)6-9-17-2)11-12-5-4-7-14-10-12/h12,14H,3-11H2,1-2H3. The van der Waals surface area contributed by atoms with E-state index in [9.17, 15) is 4.79 Å². The van der Waals surface area contributed by atoms with Crippen LogP contribution in [0.1, 0.15) is 32.6 Å². The van der Waals surface area contributed by atoms with E-state index >= 15 is 0 Å². The van der Waals surface area contributed by atoms with E-state index < -0.39 is 0 Å². The van der Waals surface area contributed by atoms with E-state index in [-0.39, 0.29) is 5.91 Å². The van der Waals surface area contributed by atoms with Gasteiger partial charge in [0.05, 0.1) is 13.0 Å². The van der Waals surface area contributed by atoms with Crippen LogP contribution in [0.25, 0.3) is 0 Å². The fourth-order valence-corrected chi connectivity index (χ4v) is 2.33. The Labute approximate surface area is 105 Å². The molecule has 17 heavy (non-hydrogen) atoms. The molecule has 1 heterocycles. The number of carbonyl (C=O) groups excluding carboxylic acids is 1. The van der Waals surface area contributed by atoms with Crippen LogP contribution < -0.4 is 5.32 Å². The van der Waals surface area contributed by atoms with Crippen molar-refractivity contribution in [3.63, 3.8) is 0 Å². The predicted octanol–water partition coefficient (Wildman–Crippen LogP) is 1.26. The Morgan fingerprint density at radius 3 is 2.94 bits per heavy atom. The van der Waals surface area contributed by atoms with Crippen molar-refractivity contribution in [1.29, 1.82) is 0 Å². The van der Waals surface area contributed by atoms with Gasteiger partial charge in [0.1, 0.15) is 0 Å². The van der Waals surface area contributed by atoms with Crippen LogP contribution in [-0.4, -0.2) is 50.7 Å². The molecule has 0 aromatic carbocycles. The Kier molecular flexibility index (Phi) is 7.21. The van der Waals surface area contributed by atoms with Crippen LogP contribution in [0.4, 0.5) is 0 Å². The molecule has 100 valence electrons. The van der Waals surface area contributed by atoms with Gasteiger partial charge in [-0.25, -0.2) is 0 Å². The molecule has 0 aromatic heterocycles. The highest BCUT2D eigenvalue weighted by molar-refractivity contribution is 5.76. The summed E-state index contributed by atoms with van der Waals surface area (Å²) in [6, 6.07) is 0. The molecule has 0 aliphatic carbocycles. The van der Waals surface area contributed by atoms with Gasteiger partial charge in [-0.3, -0.25) is 4.79 Å². The Morgan fingerprint density at radius 2 is 2.35 bits per heavy atom. The number of hydrogen-bond acceptors (Lipinski definition) is 3. The average molecular weight is 242 g/mol. The molecule has 1 fully saturated rings. The fraction of sp³-hybridized carbons (Fsp3) is 0.923. The van der Waals surface area contributed by atoms with Gasteiger partial charge in [-0.15, -0.1) is 0 Å². The van der Waals surface area contributed by atoms with E-state index in [4.69, 9.17) is 4.74 Å². The molecule has 0 bridgehead atoms. The van der Waals surface area contributed by atoms with E-state index in [0.29, 0.717) is 18.9 Å². The number of piperidine rings is 1. The zero-order valence-corrected chi connectivity index (χ0v) is 11.2. The lowest BCUT2D eigenvalue weighted by atomic mass is 9.99. The zero-order valence-electron chi connectivity index (χ0n) is 11.2. The zero-order chi connectivity index (χ0) is 12.5. The van der Waals surface area contributed by atoms with Gasteiger partial charge in [-0.05, 0) is 38.3 Å². The van der Waals surface area contributed by atoms with E-state index in [2.05, 4.69) is 12.2 Å². The maximum Gasteiger partial charge on any atom is 0.224 e. The first kappa shape index (κ1) is 14.5. The summed E-state index contributed by atoms with van der Waals surface area (Å²) in [7, 11) is 1.64. The highest BCUT2D eigenvalue weighted by Crippen LogP contribution is 2.12. The molecule has 1 aliphatic rings. The molecule has 1 aliphatic heterocycles. The lowest BCUT2D eigenvalue weighted by Crippen LogP contribution is -2.41. The average Bonchev–Trinajstić information content (AvgIpc) is 2.36. The number of amides is 1. The summed E-state index contributed by atoms with van der Waals surface area (Å²) in [5.74, 6) is 0.862. The summed E-state index contributed by atoms with van der Waals surface area (Å²) >= 11 is 0. The monoisotopic (exact) mass is 242 g/mol. The van der Waals surface area contributed by atoms with Gasteiger partial charge in [-0.2, -0.15) is 0 Å². The predicted molar refractivity (Wildman–Crippen MR) is 69.0 cm³/mol. The highest BCUT2D eigenvalue weighted by Gasteiger charge is 2.19. The van der Waals surface area contributed by atoms with E-state index in [1.165, 1.54) is 12.8 Å². The number of ether oxygens (including phenoxy) is 1. The Hall–Kier alpha value is -0.610. The number of methoxy groups -OCH3 is 1. The van der Waals surface area contributed by atoms with Crippen molar-refractivity contribution in [3.8, 4) is 0 Å². The first-order valence-electron chi connectivity index (χ1n) is 6.75. The lowest BCUT2D eigenvalue weighted by molar-refractivity contribution is -0.132. The number of hydrogen-bond donors (Lipinski definition) is 1. The van der Waals surface area contributed by atoms with Gasteiger partial charge in [0, 0.05) is 20.2 Å². The van der Waals surface area contributed by atoms with Crippen molar-refractivity contribution in [3.05, 3.63) is 0 Å². The smallest absolute Gasteiger partial charge is 0.224 e. The second kappa shape index (κ2) is 8.48. The van der Waals surface area contributed by atoms with Crippen molar-refractivity contribution < 1.29 is 9.53 Å². The van der Waals surface area contributed by atoms with Crippen molar-refractivity contribution in [2.45, 2.75) is 32.6 Å². The number of carbonyl (C=O) groups is 1. The van der Waals surface area contributed by atoms with Crippen LogP contribution in [0.3, 0.4) is 0 Å². The first-order chi connectivity index (χ1) is 8.27. The number of nitrogens with zero attached hydrogens (tertiary/aromatic N) is 1. The van der Waals surface area contributed by atoms with Gasteiger partial charge < -0.3 is 15.0 Å². The minimum absolute atomic E-state index is 0.235. The van der Waals surface area contributed by atoms with Crippen molar-refractivity contribution >= 4 is 5.91 Å². The molecular weight excluding hydrogens is 216 g/mol. The van der Waals surface area contributed by atoms with Crippen LogP contribution in [0, 0.1) is 5.92 Å². The molecule has 1 rings (SSSR count). The van der Waals surface area contributed by atoms with Crippen LogP contribution in [0.5, 0.6) is 0 Å². The van der Waals surface area contributed by atoms with E-state index in [1.54, 1.807) is 7.11 Å². The molecule has 0 saturated carbocycles. The maximum absolute atomic E-state index is 12.0. The Bertz CT molecular complexity index is 215. The van der Waals surface area contributed by atoms with Crippen molar-refractivity contribution in [2.24, 2.45) is 5.92 Å². The van der Waals surface area contributed by atoms with Gasteiger partial charge >= 0.3 is 0 Å². The SMILES string of the molecule is CCCN(CC1CCCNC1)C(=O)CCOC. The van der Waals surface area contributed by atoms with E-state index in [1.807, 2.05) is 4.90 Å². The molecule has 4 heteroatoms. The largest absolute Gasteiger partial charge is 0.384 e. The van der Waals surface area contributed by atoms with Gasteiger partial charge in [-0.1, -0.05) is 6.92 Å². The summed E-state index contributed by atoms with van der Waals surface area (Å²) in [4.78, 5) is 14.0. The molecule has 4 nitrogen and oxygen atoms in total. The van der Waals surface area contributed by atoms with E-state index in [0.717, 1.165) is 32.6 Å². The molecule has 0 spiro atoms. The molecule has 0 radical (unpaired) electrons. The minimum Gasteiger partial charge on any atom is -0.384 e. The van der Waals surface area contributed by atoms with Crippen LogP contribution in [0.15, 0.2) is 0 Å². The molecule has 1 saturated heterocycles. The first-order valence-corrected chi connectivity index (χ1v) is 6.75.